The highest BCUT2D eigenvalue weighted by atomic mass is 16.1. The van der Waals surface area contributed by atoms with Crippen LogP contribution >= 0.6 is 0 Å². The van der Waals surface area contributed by atoms with Crippen molar-refractivity contribution in [1.29, 1.82) is 5.26 Å². The summed E-state index contributed by atoms with van der Waals surface area (Å²) in [7, 11) is 0. The summed E-state index contributed by atoms with van der Waals surface area (Å²) in [5.41, 5.74) is 2.92. The highest BCUT2D eigenvalue weighted by Gasteiger charge is 2.12. The van der Waals surface area contributed by atoms with Crippen LogP contribution in [-0.4, -0.2) is 15.5 Å². The number of amides is 1. The number of carbonyl (C=O) groups is 1. The van der Waals surface area contributed by atoms with E-state index >= 15 is 0 Å². The number of hydrogen-bond acceptors (Lipinski definition) is 3. The van der Waals surface area contributed by atoms with Gasteiger partial charge in [0.1, 0.15) is 0 Å². The first-order chi connectivity index (χ1) is 11.7. The van der Waals surface area contributed by atoms with Crippen molar-refractivity contribution in [1.82, 2.24) is 14.9 Å². The maximum absolute atomic E-state index is 12.4. The van der Waals surface area contributed by atoms with E-state index in [0.717, 1.165) is 11.3 Å². The van der Waals surface area contributed by atoms with Gasteiger partial charge in [-0.15, -0.1) is 0 Å². The third-order valence-corrected chi connectivity index (χ3v) is 3.77. The number of rotatable bonds is 4. The lowest BCUT2D eigenvalue weighted by atomic mass is 10.1. The van der Waals surface area contributed by atoms with Crippen molar-refractivity contribution in [3.05, 3.63) is 83.9 Å². The normalized spacial score (nSPS) is 11.5. The van der Waals surface area contributed by atoms with Gasteiger partial charge in [-0.05, 0) is 42.8 Å². The van der Waals surface area contributed by atoms with Gasteiger partial charge in [0.15, 0.2) is 0 Å². The van der Waals surface area contributed by atoms with Gasteiger partial charge < -0.3 is 9.88 Å². The second-order valence-corrected chi connectivity index (χ2v) is 5.45. The van der Waals surface area contributed by atoms with Gasteiger partial charge in [-0.3, -0.25) is 4.79 Å². The molecular weight excluding hydrogens is 300 g/mol. The van der Waals surface area contributed by atoms with Crippen molar-refractivity contribution in [3.8, 4) is 11.8 Å². The van der Waals surface area contributed by atoms with Crippen LogP contribution in [0.15, 0.2) is 67.3 Å². The molecule has 1 amide bonds. The van der Waals surface area contributed by atoms with Crippen LogP contribution in [0.5, 0.6) is 0 Å². The number of hydrogen-bond donors (Lipinski definition) is 1. The third-order valence-electron chi connectivity index (χ3n) is 3.77. The minimum absolute atomic E-state index is 0.160. The lowest BCUT2D eigenvalue weighted by Crippen LogP contribution is -2.26. The quantitative estimate of drug-likeness (QED) is 0.803. The molecular formula is C19H16N4O. The van der Waals surface area contributed by atoms with E-state index in [9.17, 15) is 4.79 Å². The maximum atomic E-state index is 12.4. The molecule has 118 valence electrons. The average molecular weight is 316 g/mol. The first-order valence-electron chi connectivity index (χ1n) is 7.56. The number of benzene rings is 2. The van der Waals surface area contributed by atoms with Crippen LogP contribution in [0, 0.1) is 11.3 Å². The van der Waals surface area contributed by atoms with Crippen molar-refractivity contribution in [3.63, 3.8) is 0 Å². The van der Waals surface area contributed by atoms with Crippen LogP contribution < -0.4 is 5.32 Å². The smallest absolute Gasteiger partial charge is 0.251 e. The topological polar surface area (TPSA) is 70.7 Å². The standard InChI is InChI=1S/C19H16N4O/c1-14(22-19(24)17-6-2-4-15(10-17)12-20)16-5-3-7-18(11-16)23-9-8-21-13-23/h2-11,13-14H,1H3,(H,22,24)/t14-/m0/s1. The Morgan fingerprint density at radius 1 is 1.25 bits per heavy atom. The summed E-state index contributed by atoms with van der Waals surface area (Å²) in [6, 6.07) is 16.5. The van der Waals surface area contributed by atoms with Gasteiger partial charge in [0.05, 0.1) is 24.0 Å². The average Bonchev–Trinajstić information content (AvgIpc) is 3.16. The third kappa shape index (κ3) is 3.33. The molecule has 24 heavy (non-hydrogen) atoms. The monoisotopic (exact) mass is 316 g/mol. The van der Waals surface area contributed by atoms with E-state index in [0.29, 0.717) is 11.1 Å². The number of carbonyl (C=O) groups excluding carboxylic acids is 1. The molecule has 1 N–H and O–H groups in total. The summed E-state index contributed by atoms with van der Waals surface area (Å²) in [5.74, 6) is -0.201. The molecule has 5 nitrogen and oxygen atoms in total. The number of nitrogens with zero attached hydrogens (tertiary/aromatic N) is 3. The minimum Gasteiger partial charge on any atom is -0.346 e. The SMILES string of the molecule is C[C@H](NC(=O)c1cccc(C#N)c1)c1cccc(-n2ccnc2)c1. The minimum atomic E-state index is -0.201. The van der Waals surface area contributed by atoms with Gasteiger partial charge in [-0.25, -0.2) is 4.98 Å². The van der Waals surface area contributed by atoms with Crippen LogP contribution in [0.2, 0.25) is 0 Å². The summed E-state index contributed by atoms with van der Waals surface area (Å²) < 4.78 is 1.91. The summed E-state index contributed by atoms with van der Waals surface area (Å²) in [6.45, 7) is 1.93. The molecule has 1 aromatic heterocycles. The second kappa shape index (κ2) is 6.80. The largest absolute Gasteiger partial charge is 0.346 e. The Balaban J connectivity index is 1.77. The fourth-order valence-corrected chi connectivity index (χ4v) is 2.46. The molecule has 0 bridgehead atoms. The molecule has 0 saturated carbocycles. The Bertz CT molecular complexity index is 894. The number of aromatic nitrogens is 2. The zero-order valence-electron chi connectivity index (χ0n) is 13.2. The van der Waals surface area contributed by atoms with E-state index in [1.54, 1.807) is 36.8 Å². The molecule has 2 aromatic carbocycles. The van der Waals surface area contributed by atoms with Crippen LogP contribution in [0.1, 0.15) is 34.5 Å². The fraction of sp³-hybridized carbons (Fsp3) is 0.105. The van der Waals surface area contributed by atoms with Crippen molar-refractivity contribution in [2.45, 2.75) is 13.0 Å². The summed E-state index contributed by atoms with van der Waals surface area (Å²) in [6.07, 6.45) is 5.32. The highest BCUT2D eigenvalue weighted by molar-refractivity contribution is 5.94. The molecule has 3 rings (SSSR count). The van der Waals surface area contributed by atoms with Crippen molar-refractivity contribution in [2.75, 3.05) is 0 Å². The fourth-order valence-electron chi connectivity index (χ4n) is 2.46. The lowest BCUT2D eigenvalue weighted by Gasteiger charge is -2.16. The van der Waals surface area contributed by atoms with Gasteiger partial charge in [-0.1, -0.05) is 18.2 Å². The first-order valence-corrected chi connectivity index (χ1v) is 7.56. The Morgan fingerprint density at radius 3 is 2.83 bits per heavy atom. The molecule has 0 aliphatic rings. The highest BCUT2D eigenvalue weighted by Crippen LogP contribution is 2.17. The van der Waals surface area contributed by atoms with E-state index in [4.69, 9.17) is 5.26 Å². The van der Waals surface area contributed by atoms with E-state index < -0.39 is 0 Å². The Morgan fingerprint density at radius 2 is 2.08 bits per heavy atom. The van der Waals surface area contributed by atoms with Crippen LogP contribution in [0.25, 0.3) is 5.69 Å². The van der Waals surface area contributed by atoms with Gasteiger partial charge in [0, 0.05) is 23.6 Å². The maximum Gasteiger partial charge on any atom is 0.251 e. The molecule has 0 aliphatic heterocycles. The van der Waals surface area contributed by atoms with Gasteiger partial charge in [0.25, 0.3) is 5.91 Å². The van der Waals surface area contributed by atoms with Crippen molar-refractivity contribution >= 4 is 5.91 Å². The predicted octanol–water partition coefficient (Wildman–Crippen LogP) is 3.23. The molecule has 1 atom stereocenters. The molecule has 0 unspecified atom stereocenters. The molecule has 3 aromatic rings. The number of nitrogens with one attached hydrogen (secondary N) is 1. The molecule has 0 radical (unpaired) electrons. The molecule has 0 fully saturated rings. The van der Waals surface area contributed by atoms with E-state index in [2.05, 4.69) is 10.3 Å². The van der Waals surface area contributed by atoms with Crippen LogP contribution in [-0.2, 0) is 0 Å². The van der Waals surface area contributed by atoms with Gasteiger partial charge >= 0.3 is 0 Å². The number of imidazole rings is 1. The Labute approximate surface area is 140 Å². The molecule has 0 saturated heterocycles. The number of nitriles is 1. The van der Waals surface area contributed by atoms with Crippen LogP contribution in [0.4, 0.5) is 0 Å². The predicted molar refractivity (Wildman–Crippen MR) is 90.6 cm³/mol. The van der Waals surface area contributed by atoms with Gasteiger partial charge in [-0.2, -0.15) is 5.26 Å². The summed E-state index contributed by atoms with van der Waals surface area (Å²) in [4.78, 5) is 16.4. The molecule has 0 spiro atoms. The lowest BCUT2D eigenvalue weighted by molar-refractivity contribution is 0.0940. The van der Waals surface area contributed by atoms with Crippen molar-refractivity contribution in [2.24, 2.45) is 0 Å². The Kier molecular flexibility index (Phi) is 4.39. The Hall–Kier alpha value is -3.39. The van der Waals surface area contributed by atoms with Crippen molar-refractivity contribution < 1.29 is 4.79 Å². The van der Waals surface area contributed by atoms with Gasteiger partial charge in [0.2, 0.25) is 0 Å². The molecule has 0 aliphatic carbocycles. The van der Waals surface area contributed by atoms with E-state index in [-0.39, 0.29) is 11.9 Å². The molecule has 5 heteroatoms. The first kappa shape index (κ1) is 15.5. The summed E-state index contributed by atoms with van der Waals surface area (Å²) >= 11 is 0. The summed E-state index contributed by atoms with van der Waals surface area (Å²) in [5, 5.41) is 11.9. The zero-order valence-corrected chi connectivity index (χ0v) is 13.2. The second-order valence-electron chi connectivity index (χ2n) is 5.45. The van der Waals surface area contributed by atoms with E-state index in [1.807, 2.05) is 48.0 Å². The molecule has 1 heterocycles. The van der Waals surface area contributed by atoms with Crippen LogP contribution in [0.3, 0.4) is 0 Å². The zero-order chi connectivity index (χ0) is 16.9. The van der Waals surface area contributed by atoms with E-state index in [1.165, 1.54) is 0 Å².